The highest BCUT2D eigenvalue weighted by molar-refractivity contribution is 5.96. The van der Waals surface area contributed by atoms with E-state index in [1.54, 1.807) is 0 Å². The highest BCUT2D eigenvalue weighted by Gasteiger charge is 2.22. The Balaban J connectivity index is 1.92. The molecular weight excluding hydrogens is 290 g/mol. The van der Waals surface area contributed by atoms with Gasteiger partial charge < -0.3 is 19.1 Å². The van der Waals surface area contributed by atoms with Gasteiger partial charge in [-0.1, -0.05) is 6.92 Å². The van der Waals surface area contributed by atoms with E-state index in [1.165, 1.54) is 7.11 Å². The molecule has 1 saturated heterocycles. The predicted octanol–water partition coefficient (Wildman–Crippen LogP) is 2.41. The highest BCUT2D eigenvalue weighted by Crippen LogP contribution is 2.26. The lowest BCUT2D eigenvalue weighted by atomic mass is 10.1. The molecule has 0 spiro atoms. The summed E-state index contributed by atoms with van der Waals surface area (Å²) in [5, 5.41) is 0. The van der Waals surface area contributed by atoms with E-state index < -0.39 is 0 Å². The van der Waals surface area contributed by atoms with Crippen LogP contribution in [0.15, 0.2) is 42.7 Å². The van der Waals surface area contributed by atoms with Crippen LogP contribution in [-0.4, -0.2) is 55.3 Å². The van der Waals surface area contributed by atoms with Gasteiger partial charge in [0.2, 0.25) is 0 Å². The SMILES string of the molecule is CCN1CCN(c2ccc(-n3cccc3)cc2C(=O)OC)CC1. The van der Waals surface area contributed by atoms with E-state index in [0.29, 0.717) is 5.56 Å². The van der Waals surface area contributed by atoms with E-state index in [0.717, 1.165) is 44.1 Å². The lowest BCUT2D eigenvalue weighted by Gasteiger charge is -2.36. The summed E-state index contributed by atoms with van der Waals surface area (Å²) in [6.07, 6.45) is 3.94. The van der Waals surface area contributed by atoms with Crippen LogP contribution in [0.25, 0.3) is 5.69 Å². The minimum Gasteiger partial charge on any atom is -0.465 e. The Morgan fingerprint density at radius 2 is 1.83 bits per heavy atom. The molecule has 1 aromatic carbocycles. The number of likely N-dealkylation sites (N-methyl/N-ethyl adjacent to an activating group) is 1. The zero-order valence-corrected chi connectivity index (χ0v) is 13.7. The van der Waals surface area contributed by atoms with Gasteiger partial charge in [0.1, 0.15) is 0 Å². The number of benzene rings is 1. The molecule has 0 N–H and O–H groups in total. The molecule has 0 radical (unpaired) electrons. The molecule has 0 amide bonds. The summed E-state index contributed by atoms with van der Waals surface area (Å²) in [6, 6.07) is 9.93. The minimum atomic E-state index is -0.285. The average molecular weight is 313 g/mol. The number of rotatable bonds is 4. The Kier molecular flexibility index (Phi) is 4.67. The van der Waals surface area contributed by atoms with Crippen LogP contribution >= 0.6 is 0 Å². The number of carbonyl (C=O) groups excluding carboxylic acids is 1. The van der Waals surface area contributed by atoms with Crippen LogP contribution in [-0.2, 0) is 4.74 Å². The van der Waals surface area contributed by atoms with Crippen molar-refractivity contribution in [2.75, 3.05) is 44.7 Å². The Hall–Kier alpha value is -2.27. The highest BCUT2D eigenvalue weighted by atomic mass is 16.5. The number of hydrogen-bond donors (Lipinski definition) is 0. The second kappa shape index (κ2) is 6.87. The van der Waals surface area contributed by atoms with Crippen LogP contribution in [0.5, 0.6) is 0 Å². The van der Waals surface area contributed by atoms with Gasteiger partial charge in [0.25, 0.3) is 0 Å². The zero-order valence-electron chi connectivity index (χ0n) is 13.7. The van der Waals surface area contributed by atoms with E-state index in [-0.39, 0.29) is 5.97 Å². The quantitative estimate of drug-likeness (QED) is 0.813. The molecule has 1 fully saturated rings. The third kappa shape index (κ3) is 3.24. The van der Waals surface area contributed by atoms with Gasteiger partial charge in [-0.2, -0.15) is 0 Å². The fourth-order valence-corrected chi connectivity index (χ4v) is 3.05. The average Bonchev–Trinajstić information content (AvgIpc) is 3.15. The van der Waals surface area contributed by atoms with E-state index in [4.69, 9.17) is 4.74 Å². The maximum atomic E-state index is 12.3. The van der Waals surface area contributed by atoms with Crippen LogP contribution in [0.2, 0.25) is 0 Å². The smallest absolute Gasteiger partial charge is 0.340 e. The molecular formula is C18H23N3O2. The molecule has 1 aliphatic heterocycles. The van der Waals surface area contributed by atoms with E-state index in [2.05, 4.69) is 16.7 Å². The normalized spacial score (nSPS) is 15.7. The Labute approximate surface area is 137 Å². The second-order valence-corrected chi connectivity index (χ2v) is 5.70. The third-order valence-corrected chi connectivity index (χ3v) is 4.45. The molecule has 1 aliphatic rings. The summed E-state index contributed by atoms with van der Waals surface area (Å²) >= 11 is 0. The lowest BCUT2D eigenvalue weighted by molar-refractivity contribution is 0.0601. The maximum Gasteiger partial charge on any atom is 0.340 e. The molecule has 0 bridgehead atoms. The number of nitrogens with zero attached hydrogens (tertiary/aromatic N) is 3. The van der Waals surface area contributed by atoms with Crippen molar-refractivity contribution in [3.8, 4) is 5.69 Å². The number of anilines is 1. The molecule has 2 heterocycles. The second-order valence-electron chi connectivity index (χ2n) is 5.70. The van der Waals surface area contributed by atoms with Crippen molar-refractivity contribution in [3.05, 3.63) is 48.3 Å². The van der Waals surface area contributed by atoms with Gasteiger partial charge in [-0.3, -0.25) is 0 Å². The first kappa shape index (κ1) is 15.6. The van der Waals surface area contributed by atoms with Crippen molar-refractivity contribution in [3.63, 3.8) is 0 Å². The van der Waals surface area contributed by atoms with Crippen molar-refractivity contribution >= 4 is 11.7 Å². The summed E-state index contributed by atoms with van der Waals surface area (Å²) < 4.78 is 6.99. The number of hydrogen-bond acceptors (Lipinski definition) is 4. The zero-order chi connectivity index (χ0) is 16.2. The largest absolute Gasteiger partial charge is 0.465 e. The molecule has 122 valence electrons. The van der Waals surface area contributed by atoms with E-state index in [1.807, 2.05) is 47.3 Å². The fourth-order valence-electron chi connectivity index (χ4n) is 3.05. The number of methoxy groups -OCH3 is 1. The van der Waals surface area contributed by atoms with Crippen LogP contribution < -0.4 is 4.90 Å². The van der Waals surface area contributed by atoms with Gasteiger partial charge in [-0.25, -0.2) is 4.79 Å². The summed E-state index contributed by atoms with van der Waals surface area (Å²) in [4.78, 5) is 16.9. The topological polar surface area (TPSA) is 37.7 Å². The summed E-state index contributed by atoms with van der Waals surface area (Å²) in [5.41, 5.74) is 2.55. The first-order valence-electron chi connectivity index (χ1n) is 8.06. The monoisotopic (exact) mass is 313 g/mol. The van der Waals surface area contributed by atoms with Crippen LogP contribution in [0.1, 0.15) is 17.3 Å². The van der Waals surface area contributed by atoms with Crippen LogP contribution in [0.4, 0.5) is 5.69 Å². The molecule has 0 atom stereocenters. The number of ether oxygens (including phenoxy) is 1. The molecule has 0 aliphatic carbocycles. The summed E-state index contributed by atoms with van der Waals surface area (Å²) in [5.74, 6) is -0.285. The van der Waals surface area contributed by atoms with Crippen LogP contribution in [0.3, 0.4) is 0 Å². The first-order valence-corrected chi connectivity index (χ1v) is 8.06. The van der Waals surface area contributed by atoms with Crippen LogP contribution in [0, 0.1) is 0 Å². The maximum absolute atomic E-state index is 12.3. The summed E-state index contributed by atoms with van der Waals surface area (Å²) in [7, 11) is 1.43. The Morgan fingerprint density at radius 1 is 1.13 bits per heavy atom. The number of piperazine rings is 1. The van der Waals surface area contributed by atoms with Gasteiger partial charge in [-0.15, -0.1) is 0 Å². The molecule has 3 rings (SSSR count). The van der Waals surface area contributed by atoms with Crippen molar-refractivity contribution in [1.29, 1.82) is 0 Å². The van der Waals surface area contributed by atoms with Gasteiger partial charge in [0, 0.05) is 44.3 Å². The van der Waals surface area contributed by atoms with Crippen molar-refractivity contribution in [2.45, 2.75) is 6.92 Å². The lowest BCUT2D eigenvalue weighted by Crippen LogP contribution is -2.46. The first-order chi connectivity index (χ1) is 11.2. The van der Waals surface area contributed by atoms with E-state index in [9.17, 15) is 4.79 Å². The van der Waals surface area contributed by atoms with Crippen molar-refractivity contribution < 1.29 is 9.53 Å². The van der Waals surface area contributed by atoms with Gasteiger partial charge in [0.15, 0.2) is 0 Å². The molecule has 0 saturated carbocycles. The van der Waals surface area contributed by atoms with Gasteiger partial charge >= 0.3 is 5.97 Å². The molecule has 23 heavy (non-hydrogen) atoms. The number of esters is 1. The fraction of sp³-hybridized carbons (Fsp3) is 0.389. The third-order valence-electron chi connectivity index (χ3n) is 4.45. The molecule has 1 aromatic heterocycles. The minimum absolute atomic E-state index is 0.285. The Bertz CT molecular complexity index is 659. The molecule has 2 aromatic rings. The standard InChI is InChI=1S/C18H23N3O2/c1-3-19-10-12-21(13-11-19)17-7-6-15(20-8-4-5-9-20)14-16(17)18(22)23-2/h4-9,14H,3,10-13H2,1-2H3. The van der Waals surface area contributed by atoms with Gasteiger partial charge in [-0.05, 0) is 36.9 Å². The van der Waals surface area contributed by atoms with E-state index >= 15 is 0 Å². The molecule has 0 unspecified atom stereocenters. The molecule has 5 nitrogen and oxygen atoms in total. The van der Waals surface area contributed by atoms with Crippen molar-refractivity contribution in [2.24, 2.45) is 0 Å². The van der Waals surface area contributed by atoms with Crippen molar-refractivity contribution in [1.82, 2.24) is 9.47 Å². The van der Waals surface area contributed by atoms with Gasteiger partial charge in [0.05, 0.1) is 18.4 Å². The number of carbonyl (C=O) groups is 1. The summed E-state index contributed by atoms with van der Waals surface area (Å²) in [6.45, 7) is 7.17. The molecule has 5 heteroatoms. The predicted molar refractivity (Wildman–Crippen MR) is 91.4 cm³/mol. The number of aromatic nitrogens is 1. The Morgan fingerprint density at radius 3 is 2.43 bits per heavy atom.